The van der Waals surface area contributed by atoms with Gasteiger partial charge in [0.15, 0.2) is 0 Å². The van der Waals surface area contributed by atoms with Crippen LogP contribution < -0.4 is 10.6 Å². The monoisotopic (exact) mass is 218 g/mol. The molecule has 86 valence electrons. The second kappa shape index (κ2) is 3.94. The van der Waals surface area contributed by atoms with Crippen LogP contribution in [0, 0.1) is 0 Å². The number of nitrogens with two attached hydrogens (primary N) is 1. The first kappa shape index (κ1) is 9.90. The van der Waals surface area contributed by atoms with E-state index in [2.05, 4.69) is 20.9 Å². The lowest BCUT2D eigenvalue weighted by Gasteiger charge is -2.38. The van der Waals surface area contributed by atoms with Crippen LogP contribution in [0.1, 0.15) is 12.8 Å². The highest BCUT2D eigenvalue weighted by Gasteiger charge is 2.30. The Hall–Kier alpha value is -1.29. The van der Waals surface area contributed by atoms with Crippen LogP contribution in [0.5, 0.6) is 0 Å². The Morgan fingerprint density at radius 3 is 3.12 bits per heavy atom. The molecule has 16 heavy (non-hydrogen) atoms. The van der Waals surface area contributed by atoms with Gasteiger partial charge in [-0.05, 0) is 25.5 Å². The molecular weight excluding hydrogens is 200 g/mol. The van der Waals surface area contributed by atoms with Crippen LogP contribution in [-0.2, 0) is 0 Å². The van der Waals surface area contributed by atoms with Gasteiger partial charge < -0.3 is 10.6 Å². The lowest BCUT2D eigenvalue weighted by atomic mass is 10.1. The molecule has 0 saturated carbocycles. The van der Waals surface area contributed by atoms with Crippen molar-refractivity contribution >= 4 is 11.5 Å². The van der Waals surface area contributed by atoms with E-state index in [-0.39, 0.29) is 0 Å². The molecule has 1 aromatic heterocycles. The fourth-order valence-corrected chi connectivity index (χ4v) is 2.86. The number of nitrogen functional groups attached to an aromatic ring is 1. The average molecular weight is 218 g/mol. The van der Waals surface area contributed by atoms with Crippen LogP contribution in [0.25, 0.3) is 0 Å². The van der Waals surface area contributed by atoms with Crippen LogP contribution in [-0.4, -0.2) is 42.1 Å². The Kier molecular flexibility index (Phi) is 2.44. The van der Waals surface area contributed by atoms with E-state index in [4.69, 9.17) is 5.73 Å². The second-order valence-electron chi connectivity index (χ2n) is 4.72. The van der Waals surface area contributed by atoms with Gasteiger partial charge in [-0.3, -0.25) is 4.90 Å². The Morgan fingerprint density at radius 2 is 2.25 bits per heavy atom. The topological polar surface area (TPSA) is 45.4 Å². The Bertz CT molecular complexity index is 379. The molecule has 2 saturated heterocycles. The van der Waals surface area contributed by atoms with E-state index in [1.807, 2.05) is 6.07 Å². The molecule has 0 bridgehead atoms. The van der Waals surface area contributed by atoms with Crippen molar-refractivity contribution in [2.24, 2.45) is 0 Å². The molecule has 2 fully saturated rings. The van der Waals surface area contributed by atoms with Gasteiger partial charge in [0.25, 0.3) is 0 Å². The first-order valence-corrected chi connectivity index (χ1v) is 6.03. The third-order valence-electron chi connectivity index (χ3n) is 3.72. The largest absolute Gasteiger partial charge is 0.384 e. The summed E-state index contributed by atoms with van der Waals surface area (Å²) in [5, 5.41) is 0. The molecule has 0 spiro atoms. The molecule has 4 heteroatoms. The number of aromatic nitrogens is 1. The molecule has 1 aromatic rings. The average Bonchev–Trinajstić information content (AvgIpc) is 2.75. The number of rotatable bonds is 1. The maximum atomic E-state index is 5.72. The lowest BCUT2D eigenvalue weighted by molar-refractivity contribution is 0.231. The van der Waals surface area contributed by atoms with Crippen molar-refractivity contribution in [2.45, 2.75) is 18.9 Å². The van der Waals surface area contributed by atoms with E-state index in [0.29, 0.717) is 5.82 Å². The molecule has 2 aliphatic rings. The first-order chi connectivity index (χ1) is 7.83. The second-order valence-corrected chi connectivity index (χ2v) is 4.72. The third kappa shape index (κ3) is 1.73. The Morgan fingerprint density at radius 1 is 1.31 bits per heavy atom. The van der Waals surface area contributed by atoms with Crippen LogP contribution >= 0.6 is 0 Å². The standard InChI is InChI=1S/C12H18N4/c13-12-8-10(3-4-14-12)16-7-6-15-5-1-2-11(15)9-16/h3-4,8,11H,1-2,5-7,9H2,(H2,13,14). The molecule has 1 unspecified atom stereocenters. The minimum absolute atomic E-state index is 0.617. The highest BCUT2D eigenvalue weighted by Crippen LogP contribution is 2.25. The SMILES string of the molecule is Nc1cc(N2CCN3CCCC3C2)ccn1. The van der Waals surface area contributed by atoms with Gasteiger partial charge in [0, 0.05) is 43.6 Å². The summed E-state index contributed by atoms with van der Waals surface area (Å²) in [5.74, 6) is 0.617. The van der Waals surface area contributed by atoms with Gasteiger partial charge in [0.1, 0.15) is 5.82 Å². The van der Waals surface area contributed by atoms with E-state index < -0.39 is 0 Å². The zero-order chi connectivity index (χ0) is 11.0. The molecule has 1 atom stereocenters. The summed E-state index contributed by atoms with van der Waals surface area (Å²) < 4.78 is 0. The number of nitrogens with zero attached hydrogens (tertiary/aromatic N) is 3. The third-order valence-corrected chi connectivity index (χ3v) is 3.72. The summed E-state index contributed by atoms with van der Waals surface area (Å²) in [4.78, 5) is 9.09. The predicted molar refractivity (Wildman–Crippen MR) is 65.5 cm³/mol. The predicted octanol–water partition coefficient (Wildman–Crippen LogP) is 0.948. The number of hydrogen-bond donors (Lipinski definition) is 1. The highest BCUT2D eigenvalue weighted by atomic mass is 15.3. The first-order valence-electron chi connectivity index (χ1n) is 6.03. The van der Waals surface area contributed by atoms with Gasteiger partial charge in [0.2, 0.25) is 0 Å². The molecule has 0 amide bonds. The highest BCUT2D eigenvalue weighted by molar-refractivity contribution is 5.52. The van der Waals surface area contributed by atoms with Crippen LogP contribution in [0.4, 0.5) is 11.5 Å². The summed E-state index contributed by atoms with van der Waals surface area (Å²) >= 11 is 0. The molecule has 4 nitrogen and oxygen atoms in total. The van der Waals surface area contributed by atoms with Gasteiger partial charge in [0.05, 0.1) is 0 Å². The molecule has 2 aliphatic heterocycles. The van der Waals surface area contributed by atoms with Crippen LogP contribution in [0.15, 0.2) is 18.3 Å². The smallest absolute Gasteiger partial charge is 0.125 e. The lowest BCUT2D eigenvalue weighted by Crippen LogP contribution is -2.50. The van der Waals surface area contributed by atoms with E-state index in [0.717, 1.165) is 19.1 Å². The normalized spacial score (nSPS) is 25.8. The van der Waals surface area contributed by atoms with E-state index in [1.54, 1.807) is 6.20 Å². The van der Waals surface area contributed by atoms with Crippen molar-refractivity contribution in [3.05, 3.63) is 18.3 Å². The molecule has 0 radical (unpaired) electrons. The zero-order valence-corrected chi connectivity index (χ0v) is 9.47. The number of fused-ring (bicyclic) bond motifs is 1. The Balaban J connectivity index is 1.76. The maximum Gasteiger partial charge on any atom is 0.125 e. The van der Waals surface area contributed by atoms with Crippen molar-refractivity contribution in [3.63, 3.8) is 0 Å². The summed E-state index contributed by atoms with van der Waals surface area (Å²) in [6.07, 6.45) is 4.50. The van der Waals surface area contributed by atoms with Crippen molar-refractivity contribution in [1.82, 2.24) is 9.88 Å². The Labute approximate surface area is 96.1 Å². The summed E-state index contributed by atoms with van der Waals surface area (Å²) in [6, 6.07) is 4.79. The number of piperazine rings is 1. The minimum atomic E-state index is 0.617. The number of anilines is 2. The minimum Gasteiger partial charge on any atom is -0.384 e. The van der Waals surface area contributed by atoms with Crippen molar-refractivity contribution in [1.29, 1.82) is 0 Å². The van der Waals surface area contributed by atoms with Crippen molar-refractivity contribution in [3.8, 4) is 0 Å². The summed E-state index contributed by atoms with van der Waals surface area (Å²) in [6.45, 7) is 4.73. The van der Waals surface area contributed by atoms with Gasteiger partial charge in [-0.15, -0.1) is 0 Å². The van der Waals surface area contributed by atoms with Gasteiger partial charge in [-0.25, -0.2) is 4.98 Å². The fourth-order valence-electron chi connectivity index (χ4n) is 2.86. The molecule has 3 rings (SSSR count). The number of hydrogen-bond acceptors (Lipinski definition) is 4. The van der Waals surface area contributed by atoms with E-state index in [9.17, 15) is 0 Å². The molecule has 3 heterocycles. The van der Waals surface area contributed by atoms with Crippen LogP contribution in [0.3, 0.4) is 0 Å². The zero-order valence-electron chi connectivity index (χ0n) is 9.47. The van der Waals surface area contributed by atoms with Gasteiger partial charge >= 0.3 is 0 Å². The van der Waals surface area contributed by atoms with E-state index in [1.165, 1.54) is 31.6 Å². The van der Waals surface area contributed by atoms with E-state index >= 15 is 0 Å². The van der Waals surface area contributed by atoms with Gasteiger partial charge in [-0.2, -0.15) is 0 Å². The molecular formula is C12H18N4. The quantitative estimate of drug-likeness (QED) is 0.762. The maximum absolute atomic E-state index is 5.72. The number of pyridine rings is 1. The van der Waals surface area contributed by atoms with Crippen LogP contribution in [0.2, 0.25) is 0 Å². The summed E-state index contributed by atoms with van der Waals surface area (Å²) in [5.41, 5.74) is 6.95. The fraction of sp³-hybridized carbons (Fsp3) is 0.583. The van der Waals surface area contributed by atoms with Crippen molar-refractivity contribution in [2.75, 3.05) is 36.8 Å². The molecule has 2 N–H and O–H groups in total. The summed E-state index contributed by atoms with van der Waals surface area (Å²) in [7, 11) is 0. The van der Waals surface area contributed by atoms with Crippen molar-refractivity contribution < 1.29 is 0 Å². The molecule has 0 aromatic carbocycles. The van der Waals surface area contributed by atoms with Gasteiger partial charge in [-0.1, -0.05) is 0 Å². The molecule has 0 aliphatic carbocycles.